The summed E-state index contributed by atoms with van der Waals surface area (Å²) in [5.41, 5.74) is 7.13. The van der Waals surface area contributed by atoms with E-state index in [1.807, 2.05) is 13.8 Å². The minimum Gasteiger partial charge on any atom is -0.458 e. The van der Waals surface area contributed by atoms with Gasteiger partial charge in [-0.2, -0.15) is 5.10 Å². The van der Waals surface area contributed by atoms with Crippen LogP contribution in [0.5, 0.6) is 0 Å². The summed E-state index contributed by atoms with van der Waals surface area (Å²) in [5.74, 6) is -0.464. The zero-order valence-electron chi connectivity index (χ0n) is 10.7. The summed E-state index contributed by atoms with van der Waals surface area (Å²) in [5, 5.41) is 4.16. The zero-order valence-corrected chi connectivity index (χ0v) is 10.7. The minimum atomic E-state index is -0.464. The molecular weight excluding hydrogens is 222 g/mol. The van der Waals surface area contributed by atoms with E-state index < -0.39 is 5.97 Å². The maximum atomic E-state index is 11.9. The summed E-state index contributed by atoms with van der Waals surface area (Å²) < 4.78 is 11.7. The predicted molar refractivity (Wildman–Crippen MR) is 63.8 cm³/mol. The van der Waals surface area contributed by atoms with Crippen molar-refractivity contribution in [2.45, 2.75) is 33.4 Å². The van der Waals surface area contributed by atoms with Crippen molar-refractivity contribution in [1.82, 2.24) is 9.78 Å². The van der Waals surface area contributed by atoms with E-state index in [2.05, 4.69) is 5.10 Å². The molecule has 6 heteroatoms. The van der Waals surface area contributed by atoms with Gasteiger partial charge in [0, 0.05) is 13.7 Å². The summed E-state index contributed by atoms with van der Waals surface area (Å²) in [7, 11) is 1.56. The third-order valence-electron chi connectivity index (χ3n) is 2.52. The van der Waals surface area contributed by atoms with Crippen LogP contribution in [0.2, 0.25) is 0 Å². The first kappa shape index (κ1) is 13.5. The fourth-order valence-electron chi connectivity index (χ4n) is 1.37. The number of nitrogen functional groups attached to an aromatic ring is 1. The number of carbonyl (C=O) groups excluding carboxylic acids is 1. The molecule has 1 atom stereocenters. The first-order chi connectivity index (χ1) is 8.01. The van der Waals surface area contributed by atoms with Crippen LogP contribution in [-0.2, 0) is 16.0 Å². The Bertz CT molecular complexity index is 401. The van der Waals surface area contributed by atoms with Gasteiger partial charge in [0.25, 0.3) is 0 Å². The van der Waals surface area contributed by atoms with Crippen molar-refractivity contribution in [2.24, 2.45) is 0 Å². The number of nitrogens with two attached hydrogens (primary N) is 1. The molecule has 0 radical (unpaired) electrons. The van der Waals surface area contributed by atoms with Gasteiger partial charge in [-0.1, -0.05) is 0 Å². The third kappa shape index (κ3) is 2.97. The largest absolute Gasteiger partial charge is 0.458 e. The lowest BCUT2D eigenvalue weighted by atomic mass is 10.3. The molecule has 1 unspecified atom stereocenters. The third-order valence-corrected chi connectivity index (χ3v) is 2.52. The average Bonchev–Trinajstić information content (AvgIpc) is 2.61. The summed E-state index contributed by atoms with van der Waals surface area (Å²) >= 11 is 0. The quantitative estimate of drug-likeness (QED) is 0.777. The fraction of sp³-hybridized carbons (Fsp3) is 0.636. The number of nitrogens with zero attached hydrogens (tertiary/aromatic N) is 2. The lowest BCUT2D eigenvalue weighted by Crippen LogP contribution is -2.20. The summed E-state index contributed by atoms with van der Waals surface area (Å²) in [6.07, 6.45) is -0.140. The van der Waals surface area contributed by atoms with Gasteiger partial charge in [0.05, 0.1) is 17.5 Å². The number of ether oxygens (including phenoxy) is 2. The Morgan fingerprint density at radius 2 is 2.24 bits per heavy atom. The molecule has 0 aliphatic heterocycles. The number of rotatable bonds is 5. The van der Waals surface area contributed by atoms with E-state index in [0.29, 0.717) is 23.6 Å². The number of methoxy groups -OCH3 is 1. The van der Waals surface area contributed by atoms with E-state index >= 15 is 0 Å². The number of carbonyl (C=O) groups is 1. The van der Waals surface area contributed by atoms with Gasteiger partial charge in [0.2, 0.25) is 0 Å². The van der Waals surface area contributed by atoms with Crippen LogP contribution in [0.3, 0.4) is 0 Å². The maximum Gasteiger partial charge on any atom is 0.358 e. The van der Waals surface area contributed by atoms with Crippen LogP contribution in [0.15, 0.2) is 0 Å². The van der Waals surface area contributed by atoms with E-state index in [9.17, 15) is 4.79 Å². The Labute approximate surface area is 101 Å². The lowest BCUT2D eigenvalue weighted by Gasteiger charge is -2.11. The number of aryl methyl sites for hydroxylation is 2. The van der Waals surface area contributed by atoms with Gasteiger partial charge < -0.3 is 15.2 Å². The van der Waals surface area contributed by atoms with E-state index in [1.165, 1.54) is 0 Å². The number of hydrogen-bond donors (Lipinski definition) is 1. The topological polar surface area (TPSA) is 79.4 Å². The molecule has 0 saturated carbocycles. The highest BCUT2D eigenvalue weighted by atomic mass is 16.6. The first-order valence-corrected chi connectivity index (χ1v) is 5.54. The monoisotopic (exact) mass is 241 g/mol. The molecule has 0 bridgehead atoms. The molecule has 0 aromatic carbocycles. The van der Waals surface area contributed by atoms with Gasteiger partial charge in [-0.25, -0.2) is 4.79 Å². The lowest BCUT2D eigenvalue weighted by molar-refractivity contribution is 0.0160. The van der Waals surface area contributed by atoms with Crippen LogP contribution >= 0.6 is 0 Å². The second-order valence-electron chi connectivity index (χ2n) is 3.81. The molecule has 96 valence electrons. The molecule has 0 spiro atoms. The van der Waals surface area contributed by atoms with Crippen LogP contribution in [0.4, 0.5) is 5.69 Å². The second kappa shape index (κ2) is 5.67. The molecule has 1 aromatic heterocycles. The van der Waals surface area contributed by atoms with Gasteiger partial charge in [-0.3, -0.25) is 4.68 Å². The van der Waals surface area contributed by atoms with Gasteiger partial charge >= 0.3 is 5.97 Å². The molecular formula is C11H19N3O3. The first-order valence-electron chi connectivity index (χ1n) is 5.54. The SMILES string of the molecule is CCn1nc(C)c(N)c1C(=O)OCC(C)OC. The molecule has 0 saturated heterocycles. The Morgan fingerprint density at radius 1 is 1.59 bits per heavy atom. The Hall–Kier alpha value is -1.56. The van der Waals surface area contributed by atoms with Gasteiger partial charge in [0.1, 0.15) is 6.61 Å². The van der Waals surface area contributed by atoms with Crippen LogP contribution < -0.4 is 5.73 Å². The molecule has 17 heavy (non-hydrogen) atoms. The molecule has 0 aliphatic rings. The van der Waals surface area contributed by atoms with E-state index in [1.54, 1.807) is 18.7 Å². The molecule has 0 fully saturated rings. The molecule has 6 nitrogen and oxygen atoms in total. The van der Waals surface area contributed by atoms with Crippen molar-refractivity contribution < 1.29 is 14.3 Å². The normalized spacial score (nSPS) is 12.5. The van der Waals surface area contributed by atoms with Gasteiger partial charge in [0.15, 0.2) is 5.69 Å². The van der Waals surface area contributed by atoms with Gasteiger partial charge in [-0.15, -0.1) is 0 Å². The molecule has 1 rings (SSSR count). The highest BCUT2D eigenvalue weighted by Gasteiger charge is 2.20. The Kier molecular flexibility index (Phi) is 4.51. The van der Waals surface area contributed by atoms with Crippen molar-refractivity contribution >= 4 is 11.7 Å². The van der Waals surface area contributed by atoms with Crippen LogP contribution in [-0.4, -0.2) is 35.6 Å². The van der Waals surface area contributed by atoms with Crippen LogP contribution in [0.1, 0.15) is 30.0 Å². The highest BCUT2D eigenvalue weighted by molar-refractivity contribution is 5.93. The van der Waals surface area contributed by atoms with E-state index in [-0.39, 0.29) is 12.7 Å². The summed E-state index contributed by atoms with van der Waals surface area (Å²) in [6.45, 7) is 6.24. The van der Waals surface area contributed by atoms with Crippen molar-refractivity contribution in [1.29, 1.82) is 0 Å². The minimum absolute atomic E-state index is 0.140. The number of esters is 1. The van der Waals surface area contributed by atoms with Crippen molar-refractivity contribution in [3.8, 4) is 0 Å². The molecule has 2 N–H and O–H groups in total. The predicted octanol–water partition coefficient (Wildman–Crippen LogP) is 0.985. The van der Waals surface area contributed by atoms with Crippen molar-refractivity contribution in [2.75, 3.05) is 19.5 Å². The number of anilines is 1. The smallest absolute Gasteiger partial charge is 0.358 e. The van der Waals surface area contributed by atoms with Crippen molar-refractivity contribution in [3.05, 3.63) is 11.4 Å². The Morgan fingerprint density at radius 3 is 2.76 bits per heavy atom. The standard InChI is InChI=1S/C11H19N3O3/c1-5-14-10(9(12)8(3)13-14)11(15)17-6-7(2)16-4/h7H,5-6,12H2,1-4H3. The highest BCUT2D eigenvalue weighted by Crippen LogP contribution is 2.17. The number of hydrogen-bond acceptors (Lipinski definition) is 5. The molecule has 0 amide bonds. The maximum absolute atomic E-state index is 11.9. The average molecular weight is 241 g/mol. The fourth-order valence-corrected chi connectivity index (χ4v) is 1.37. The molecule has 1 heterocycles. The van der Waals surface area contributed by atoms with Gasteiger partial charge in [-0.05, 0) is 20.8 Å². The second-order valence-corrected chi connectivity index (χ2v) is 3.81. The molecule has 0 aliphatic carbocycles. The summed E-state index contributed by atoms with van der Waals surface area (Å²) in [6, 6.07) is 0. The van der Waals surface area contributed by atoms with Crippen LogP contribution in [0, 0.1) is 6.92 Å². The molecule has 1 aromatic rings. The Balaban J connectivity index is 2.81. The van der Waals surface area contributed by atoms with E-state index in [4.69, 9.17) is 15.2 Å². The van der Waals surface area contributed by atoms with E-state index in [0.717, 1.165) is 0 Å². The summed E-state index contributed by atoms with van der Waals surface area (Å²) in [4.78, 5) is 11.9. The number of aromatic nitrogens is 2. The zero-order chi connectivity index (χ0) is 13.0. The van der Waals surface area contributed by atoms with Crippen molar-refractivity contribution in [3.63, 3.8) is 0 Å². The van der Waals surface area contributed by atoms with Crippen LogP contribution in [0.25, 0.3) is 0 Å².